The Hall–Kier alpha value is -2.62. The number of carbonyl (C=O) groups is 2. The third kappa shape index (κ3) is 3.18. The van der Waals surface area contributed by atoms with E-state index in [0.29, 0.717) is 5.56 Å². The summed E-state index contributed by atoms with van der Waals surface area (Å²) in [5.41, 5.74) is 1.76. The molecule has 0 bridgehead atoms. The molecule has 1 aliphatic rings. The monoisotopic (exact) mass is 323 g/mol. The van der Waals surface area contributed by atoms with Crippen LogP contribution >= 0.6 is 0 Å². The number of hydrogen-bond acceptors (Lipinski definition) is 3. The number of nitrogens with zero attached hydrogens (tertiary/aromatic N) is 1. The van der Waals surface area contributed by atoms with Gasteiger partial charge < -0.3 is 9.64 Å². The fourth-order valence-corrected chi connectivity index (χ4v) is 3.02. The minimum Gasteiger partial charge on any atom is -0.460 e. The summed E-state index contributed by atoms with van der Waals surface area (Å²) in [7, 11) is 0. The quantitative estimate of drug-likeness (QED) is 0.798. The van der Waals surface area contributed by atoms with E-state index in [4.69, 9.17) is 4.74 Å². The maximum Gasteiger partial charge on any atom is 0.308 e. The van der Waals surface area contributed by atoms with Gasteiger partial charge in [0, 0.05) is 11.3 Å². The van der Waals surface area contributed by atoms with Crippen LogP contribution in [-0.4, -0.2) is 17.5 Å². The number of amides is 1. The molecule has 1 atom stereocenters. The van der Waals surface area contributed by atoms with E-state index in [9.17, 15) is 9.59 Å². The molecule has 24 heavy (non-hydrogen) atoms. The van der Waals surface area contributed by atoms with Gasteiger partial charge in [-0.05, 0) is 44.5 Å². The number of ether oxygens (including phenoxy) is 1. The molecule has 0 aliphatic carbocycles. The highest BCUT2D eigenvalue weighted by atomic mass is 16.6. The van der Waals surface area contributed by atoms with Crippen molar-refractivity contribution in [2.45, 2.75) is 38.8 Å². The minimum atomic E-state index is -0.545. The van der Waals surface area contributed by atoms with Crippen molar-refractivity contribution in [3.8, 4) is 0 Å². The second-order valence-electron chi connectivity index (χ2n) is 6.90. The average Bonchev–Trinajstić information content (AvgIpc) is 2.79. The lowest BCUT2D eigenvalue weighted by Crippen LogP contribution is -2.31. The van der Waals surface area contributed by atoms with Crippen molar-refractivity contribution in [3.05, 3.63) is 65.7 Å². The maximum absolute atomic E-state index is 12.8. The Morgan fingerprint density at radius 2 is 1.67 bits per heavy atom. The van der Waals surface area contributed by atoms with Crippen LogP contribution in [-0.2, 0) is 9.53 Å². The normalized spacial score (nSPS) is 16.9. The lowest BCUT2D eigenvalue weighted by molar-refractivity contribution is -0.155. The van der Waals surface area contributed by atoms with Crippen LogP contribution in [0.3, 0.4) is 0 Å². The van der Waals surface area contributed by atoms with Gasteiger partial charge in [0.05, 0.1) is 12.5 Å². The molecule has 0 saturated heterocycles. The Kier molecular flexibility index (Phi) is 4.14. The predicted molar refractivity (Wildman–Crippen MR) is 92.9 cm³/mol. The molecule has 0 N–H and O–H groups in total. The van der Waals surface area contributed by atoms with E-state index in [2.05, 4.69) is 0 Å². The molecule has 0 spiro atoms. The molecule has 0 saturated carbocycles. The van der Waals surface area contributed by atoms with Crippen LogP contribution in [0.5, 0.6) is 0 Å². The Balaban J connectivity index is 1.96. The zero-order chi connectivity index (χ0) is 17.3. The Labute approximate surface area is 142 Å². The van der Waals surface area contributed by atoms with Crippen molar-refractivity contribution in [1.82, 2.24) is 0 Å². The first-order valence-corrected chi connectivity index (χ1v) is 8.06. The molecule has 0 radical (unpaired) electrons. The van der Waals surface area contributed by atoms with E-state index in [1.807, 2.05) is 75.4 Å². The summed E-state index contributed by atoms with van der Waals surface area (Å²) in [6.45, 7) is 5.52. The third-order valence-corrected chi connectivity index (χ3v) is 3.90. The molecule has 124 valence electrons. The zero-order valence-corrected chi connectivity index (χ0v) is 14.2. The molecule has 1 amide bonds. The van der Waals surface area contributed by atoms with Gasteiger partial charge in [0.15, 0.2) is 0 Å². The van der Waals surface area contributed by atoms with Crippen molar-refractivity contribution < 1.29 is 14.3 Å². The molecule has 2 aromatic carbocycles. The second kappa shape index (κ2) is 6.11. The van der Waals surface area contributed by atoms with Crippen LogP contribution in [0.15, 0.2) is 54.6 Å². The van der Waals surface area contributed by atoms with Crippen LogP contribution in [0.1, 0.15) is 49.2 Å². The van der Waals surface area contributed by atoms with Gasteiger partial charge in [0.1, 0.15) is 5.60 Å². The topological polar surface area (TPSA) is 46.6 Å². The van der Waals surface area contributed by atoms with E-state index in [1.165, 1.54) is 0 Å². The molecule has 1 unspecified atom stereocenters. The molecule has 0 aromatic heterocycles. The highest BCUT2D eigenvalue weighted by Gasteiger charge is 2.39. The van der Waals surface area contributed by atoms with E-state index in [1.54, 1.807) is 4.90 Å². The predicted octanol–water partition coefficient (Wildman–Crippen LogP) is 4.12. The van der Waals surface area contributed by atoms with Gasteiger partial charge in [-0.3, -0.25) is 9.59 Å². The summed E-state index contributed by atoms with van der Waals surface area (Å²) in [6.07, 6.45) is 0.134. The zero-order valence-electron chi connectivity index (χ0n) is 14.2. The molecule has 1 heterocycles. The number of rotatable bonds is 3. The van der Waals surface area contributed by atoms with Crippen molar-refractivity contribution in [2.24, 2.45) is 0 Å². The van der Waals surface area contributed by atoms with E-state index < -0.39 is 5.60 Å². The van der Waals surface area contributed by atoms with E-state index in [-0.39, 0.29) is 24.3 Å². The summed E-state index contributed by atoms with van der Waals surface area (Å²) in [5, 5.41) is 0. The summed E-state index contributed by atoms with van der Waals surface area (Å²) in [5.74, 6) is -0.386. The van der Waals surface area contributed by atoms with Gasteiger partial charge in [0.2, 0.25) is 0 Å². The fraction of sp³-hybridized carbons (Fsp3) is 0.300. The van der Waals surface area contributed by atoms with Crippen LogP contribution in [0.25, 0.3) is 0 Å². The first-order valence-electron chi connectivity index (χ1n) is 8.06. The van der Waals surface area contributed by atoms with Crippen molar-refractivity contribution in [2.75, 3.05) is 4.90 Å². The smallest absolute Gasteiger partial charge is 0.308 e. The number of hydrogen-bond donors (Lipinski definition) is 0. The summed E-state index contributed by atoms with van der Waals surface area (Å²) in [6, 6.07) is 16.5. The van der Waals surface area contributed by atoms with Gasteiger partial charge >= 0.3 is 5.97 Å². The van der Waals surface area contributed by atoms with Gasteiger partial charge in [-0.1, -0.05) is 36.4 Å². The van der Waals surface area contributed by atoms with Crippen molar-refractivity contribution in [3.63, 3.8) is 0 Å². The third-order valence-electron chi connectivity index (χ3n) is 3.90. The molecule has 4 nitrogen and oxygen atoms in total. The first kappa shape index (κ1) is 16.2. The Morgan fingerprint density at radius 3 is 2.33 bits per heavy atom. The number of esters is 1. The highest BCUT2D eigenvalue weighted by Crippen LogP contribution is 2.39. The van der Waals surface area contributed by atoms with Crippen molar-refractivity contribution >= 4 is 17.6 Å². The average molecular weight is 323 g/mol. The Morgan fingerprint density at radius 1 is 1.04 bits per heavy atom. The highest BCUT2D eigenvalue weighted by molar-refractivity contribution is 6.11. The molecule has 2 aromatic rings. The van der Waals surface area contributed by atoms with Gasteiger partial charge in [-0.15, -0.1) is 0 Å². The number of carbonyl (C=O) groups excluding carboxylic acids is 2. The first-order chi connectivity index (χ1) is 11.4. The van der Waals surface area contributed by atoms with Crippen LogP contribution in [0.4, 0.5) is 5.69 Å². The standard InChI is InChI=1S/C20H21NO3/c1-20(2,3)24-18(22)13-17-15-11-7-8-12-16(15)19(23)21(17)14-9-5-4-6-10-14/h4-12,17H,13H2,1-3H3. The summed E-state index contributed by atoms with van der Waals surface area (Å²) in [4.78, 5) is 26.9. The lowest BCUT2D eigenvalue weighted by atomic mass is 10.0. The number of benzene rings is 2. The summed E-state index contributed by atoms with van der Waals surface area (Å²) >= 11 is 0. The largest absolute Gasteiger partial charge is 0.460 e. The molecular weight excluding hydrogens is 302 g/mol. The number of anilines is 1. The Bertz CT molecular complexity index is 762. The van der Waals surface area contributed by atoms with E-state index in [0.717, 1.165) is 11.3 Å². The molecule has 4 heteroatoms. The molecule has 3 rings (SSSR count). The van der Waals surface area contributed by atoms with Crippen molar-refractivity contribution in [1.29, 1.82) is 0 Å². The van der Waals surface area contributed by atoms with Gasteiger partial charge in [0.25, 0.3) is 5.91 Å². The van der Waals surface area contributed by atoms with Crippen LogP contribution in [0, 0.1) is 0 Å². The SMILES string of the molecule is CC(C)(C)OC(=O)CC1c2ccccc2C(=O)N1c1ccccc1. The van der Waals surface area contributed by atoms with E-state index >= 15 is 0 Å². The molecular formula is C20H21NO3. The number of para-hydroxylation sites is 1. The molecule has 1 aliphatic heterocycles. The maximum atomic E-state index is 12.8. The fourth-order valence-electron chi connectivity index (χ4n) is 3.02. The van der Waals surface area contributed by atoms with Crippen LogP contribution in [0.2, 0.25) is 0 Å². The second-order valence-corrected chi connectivity index (χ2v) is 6.90. The van der Waals surface area contributed by atoms with Gasteiger partial charge in [-0.2, -0.15) is 0 Å². The van der Waals surface area contributed by atoms with Gasteiger partial charge in [-0.25, -0.2) is 0 Å². The number of fused-ring (bicyclic) bond motifs is 1. The molecule has 0 fully saturated rings. The van der Waals surface area contributed by atoms with Crippen LogP contribution < -0.4 is 4.90 Å². The summed E-state index contributed by atoms with van der Waals surface area (Å²) < 4.78 is 5.46. The lowest BCUT2D eigenvalue weighted by Gasteiger charge is -2.26. The minimum absolute atomic E-state index is 0.0784.